The van der Waals surface area contributed by atoms with Crippen LogP contribution in [0.5, 0.6) is 0 Å². The van der Waals surface area contributed by atoms with Gasteiger partial charge in [-0.1, -0.05) is 0 Å². The van der Waals surface area contributed by atoms with Gasteiger partial charge < -0.3 is 13.8 Å². The minimum absolute atomic E-state index is 1.50. The van der Waals surface area contributed by atoms with Gasteiger partial charge in [-0.15, -0.1) is 0 Å². The van der Waals surface area contributed by atoms with Crippen LogP contribution < -0.4 is 0 Å². The van der Waals surface area contributed by atoms with Gasteiger partial charge in [-0.2, -0.15) is 13.8 Å². The van der Waals surface area contributed by atoms with Gasteiger partial charge in [0.25, 0.3) is 0 Å². The molecule has 0 aromatic heterocycles. The molecular weight excluding hydrogens is 170 g/mol. The molecule has 0 rings (SSSR count). The summed E-state index contributed by atoms with van der Waals surface area (Å²) in [7, 11) is 0. The Balaban J connectivity index is -0.0000000225. The van der Waals surface area contributed by atoms with E-state index < -0.39 is 0 Å². The third kappa shape index (κ3) is 250. The fourth-order valence-electron chi connectivity index (χ4n) is 0. The summed E-state index contributed by atoms with van der Waals surface area (Å²) in [4.78, 5) is 0. The second-order valence-electron chi connectivity index (χ2n) is 0. The third-order valence-electron chi connectivity index (χ3n) is 0. The van der Waals surface area contributed by atoms with Gasteiger partial charge in [0.15, 0.2) is 0 Å². The van der Waals surface area contributed by atoms with Crippen molar-refractivity contribution in [1.82, 2.24) is 0 Å². The average molecular weight is 181 g/mol. The predicted molar refractivity (Wildman–Crippen MR) is 22.7 cm³/mol. The van der Waals surface area contributed by atoms with Crippen molar-refractivity contribution < 1.29 is 22.6 Å². The summed E-state index contributed by atoms with van der Waals surface area (Å²) in [5.41, 5.74) is 0. The van der Waals surface area contributed by atoms with Gasteiger partial charge in [0, 0.05) is 0 Å². The van der Waals surface area contributed by atoms with Crippen LogP contribution in [0.3, 0.4) is 0 Å². The summed E-state index contributed by atoms with van der Waals surface area (Å²) in [6, 6.07) is 0. The molecule has 0 heterocycles. The topological polar surface area (TPSA) is 17.1 Å². The van der Waals surface area contributed by atoms with Crippen LogP contribution in [0.4, 0.5) is 0 Å². The zero-order valence-corrected chi connectivity index (χ0v) is 5.69. The zero-order chi connectivity index (χ0) is 6.00. The average Bonchev–Trinajstić information content (AvgIpc) is 1.81. The predicted octanol–water partition coefficient (Wildman–Crippen LogP) is 1.56. The summed E-state index contributed by atoms with van der Waals surface area (Å²) in [6.07, 6.45) is 0. The number of hydrogen-bond donors (Lipinski definition) is 0. The maximum absolute atomic E-state index is 8.10. The Morgan fingerprint density at radius 1 is 1.00 bits per heavy atom. The van der Waals surface area contributed by atoms with Crippen LogP contribution in [-0.2, 0) is 22.6 Å². The summed E-state index contributed by atoms with van der Waals surface area (Å²) in [5, 5.41) is 0. The van der Waals surface area contributed by atoms with Crippen LogP contribution in [0.2, 0.25) is 0 Å². The quantitative estimate of drug-likeness (QED) is 0.409. The van der Waals surface area contributed by atoms with Gasteiger partial charge in [-0.05, 0) is 0 Å². The van der Waals surface area contributed by atoms with Crippen LogP contribution in [0.25, 0.3) is 0 Å². The Hall–Kier alpha value is 0.462. The minimum atomic E-state index is 1.50. The molecule has 0 aliphatic heterocycles. The molecule has 0 fully saturated rings. The van der Waals surface area contributed by atoms with Crippen molar-refractivity contribution in [2.45, 2.75) is 13.8 Å². The number of rotatable bonds is 0. The van der Waals surface area contributed by atoms with E-state index in [1.54, 1.807) is 13.8 Å². The van der Waals surface area contributed by atoms with E-state index in [4.69, 9.17) is 3.47 Å². The van der Waals surface area contributed by atoms with Gasteiger partial charge >= 0.3 is 22.6 Å². The van der Waals surface area contributed by atoms with E-state index in [0.717, 1.165) is 0 Å². The third-order valence-corrected chi connectivity index (χ3v) is 0. The Morgan fingerprint density at radius 3 is 1.00 bits per heavy atom. The van der Waals surface area contributed by atoms with E-state index >= 15 is 0 Å². The van der Waals surface area contributed by atoms with Crippen molar-refractivity contribution in [2.75, 3.05) is 0 Å². The van der Waals surface area contributed by atoms with Crippen molar-refractivity contribution in [3.8, 4) is 0 Å². The van der Waals surface area contributed by atoms with E-state index in [-0.39, 0.29) is 0 Å². The van der Waals surface area contributed by atoms with Gasteiger partial charge in [-0.25, -0.2) is 0 Å². The van der Waals surface area contributed by atoms with E-state index in [1.807, 2.05) is 0 Å². The molecule has 0 amide bonds. The summed E-state index contributed by atoms with van der Waals surface area (Å²) in [5.74, 6) is 0. The van der Waals surface area contributed by atoms with E-state index in [0.29, 0.717) is 0 Å². The Bertz CT molecular complexity index is 7.51. The fourth-order valence-corrected chi connectivity index (χ4v) is 0. The zero-order valence-electron chi connectivity index (χ0n) is 4.14. The number of hydrogen-bond acceptors (Lipinski definition) is 1. The van der Waals surface area contributed by atoms with Gasteiger partial charge in [-0.3, -0.25) is 0 Å². The van der Waals surface area contributed by atoms with Crippen LogP contribution >= 0.6 is 0 Å². The Kier molecular flexibility index (Phi) is 1360. The molecule has 0 spiro atoms. The van der Waals surface area contributed by atoms with Gasteiger partial charge in [0.1, 0.15) is 0 Å². The molecular formula is C4H10OPd-2. The molecule has 0 atom stereocenters. The Morgan fingerprint density at radius 2 is 1.00 bits per heavy atom. The van der Waals surface area contributed by atoms with E-state index in [9.17, 15) is 0 Å². The SMILES string of the molecule is [CH2-]C.[CH2-]C.[O]=[Pd]. The van der Waals surface area contributed by atoms with Crippen molar-refractivity contribution in [2.24, 2.45) is 0 Å². The Labute approximate surface area is 50.8 Å². The van der Waals surface area contributed by atoms with Gasteiger partial charge in [0.2, 0.25) is 0 Å². The first-order chi connectivity index (χ1) is 3.00. The monoisotopic (exact) mass is 180 g/mol. The molecule has 0 saturated carbocycles. The first-order valence-corrected chi connectivity index (χ1v) is 2.18. The van der Waals surface area contributed by atoms with Gasteiger partial charge in [0.05, 0.1) is 0 Å². The fraction of sp³-hybridized carbons (Fsp3) is 0.500. The molecule has 0 bridgehead atoms. The summed E-state index contributed by atoms with van der Waals surface area (Å²) < 4.78 is 8.10. The van der Waals surface area contributed by atoms with E-state index in [2.05, 4.69) is 13.8 Å². The molecule has 0 saturated heterocycles. The van der Waals surface area contributed by atoms with Crippen LogP contribution in [0.15, 0.2) is 0 Å². The van der Waals surface area contributed by atoms with Crippen molar-refractivity contribution in [3.63, 3.8) is 0 Å². The second-order valence-corrected chi connectivity index (χ2v) is 0. The van der Waals surface area contributed by atoms with Crippen molar-refractivity contribution >= 4 is 0 Å². The van der Waals surface area contributed by atoms with Crippen LogP contribution in [-0.4, -0.2) is 0 Å². The molecule has 1 nitrogen and oxygen atoms in total. The summed E-state index contributed by atoms with van der Waals surface area (Å²) >= 11 is 1.50. The van der Waals surface area contributed by atoms with Crippen LogP contribution in [0.1, 0.15) is 13.8 Å². The first-order valence-electron chi connectivity index (χ1n) is 1.54. The molecule has 0 N–H and O–H groups in total. The molecule has 0 aliphatic carbocycles. The second kappa shape index (κ2) is 509. The molecule has 0 aromatic rings. The van der Waals surface area contributed by atoms with Crippen LogP contribution in [0, 0.1) is 13.8 Å². The normalized spacial score (nSPS) is 3.00. The molecule has 44 valence electrons. The summed E-state index contributed by atoms with van der Waals surface area (Å²) in [6.45, 7) is 10.0. The maximum atomic E-state index is 8.10. The van der Waals surface area contributed by atoms with E-state index in [1.165, 1.54) is 19.2 Å². The molecule has 0 aromatic carbocycles. The first kappa shape index (κ1) is 16.1. The molecule has 2 heteroatoms. The standard InChI is InChI=1S/2C2H5.O.Pd/c2*1-2;;/h2*1H2,2H3;;/q2*-1;;. The van der Waals surface area contributed by atoms with Crippen molar-refractivity contribution in [1.29, 1.82) is 0 Å². The molecule has 0 radical (unpaired) electrons. The van der Waals surface area contributed by atoms with Crippen molar-refractivity contribution in [3.05, 3.63) is 13.8 Å². The molecule has 6 heavy (non-hydrogen) atoms. The molecule has 0 unspecified atom stereocenters. The molecule has 0 aliphatic rings.